The molecule has 6 heteroatoms. The van der Waals surface area contributed by atoms with Gasteiger partial charge in [-0.1, -0.05) is 43.4 Å². The van der Waals surface area contributed by atoms with E-state index in [1.54, 1.807) is 0 Å². The average Bonchev–Trinajstić information content (AvgIpc) is 3.02. The van der Waals surface area contributed by atoms with Crippen molar-refractivity contribution in [2.75, 3.05) is 11.9 Å². The Morgan fingerprint density at radius 3 is 2.71 bits per heavy atom. The van der Waals surface area contributed by atoms with Crippen LogP contribution in [0.25, 0.3) is 0 Å². The molecule has 0 atom stereocenters. The predicted octanol–water partition coefficient (Wildman–Crippen LogP) is 4.55. The molecule has 0 unspecified atom stereocenters. The van der Waals surface area contributed by atoms with E-state index >= 15 is 0 Å². The third-order valence-electron chi connectivity index (χ3n) is 3.92. The van der Waals surface area contributed by atoms with Crippen LogP contribution in [0.5, 0.6) is 5.75 Å². The van der Waals surface area contributed by atoms with Crippen LogP contribution in [-0.4, -0.2) is 22.7 Å². The molecular weight excluding hydrogens is 322 g/mol. The summed E-state index contributed by atoms with van der Waals surface area (Å²) in [5.41, 5.74) is 1.10. The Morgan fingerprint density at radius 2 is 2.00 bits per heavy atom. The van der Waals surface area contributed by atoms with E-state index in [0.29, 0.717) is 30.5 Å². The Labute approximate surface area is 147 Å². The first kappa shape index (κ1) is 18.4. The highest BCUT2D eigenvalue weighted by Gasteiger charge is 2.14. The molecule has 0 fully saturated rings. The van der Waals surface area contributed by atoms with Crippen LogP contribution < -0.4 is 10.1 Å². The van der Waals surface area contributed by atoms with Gasteiger partial charge in [0.05, 0.1) is 6.61 Å². The van der Waals surface area contributed by atoms with Gasteiger partial charge in [-0.3, -0.25) is 4.79 Å². The third-order valence-corrected chi connectivity index (χ3v) is 4.92. The standard InChI is InChI=1S/C18H25N3O2S/c1-4-14(5-2)17-20-21-18(24-17)19-16(22)11-8-12-23-15-10-7-6-9-13(15)3/h6-7,9-10,14H,4-5,8,11-12H2,1-3H3,(H,19,21,22). The van der Waals surface area contributed by atoms with Gasteiger partial charge in [0.2, 0.25) is 11.0 Å². The van der Waals surface area contributed by atoms with E-state index in [4.69, 9.17) is 4.74 Å². The molecule has 5 nitrogen and oxygen atoms in total. The lowest BCUT2D eigenvalue weighted by atomic mass is 10.1. The Balaban J connectivity index is 1.73. The highest BCUT2D eigenvalue weighted by molar-refractivity contribution is 7.15. The van der Waals surface area contributed by atoms with E-state index in [9.17, 15) is 4.79 Å². The number of ether oxygens (including phenoxy) is 1. The molecule has 0 aliphatic rings. The van der Waals surface area contributed by atoms with Crippen LogP contribution in [0.15, 0.2) is 24.3 Å². The molecule has 0 aliphatic carbocycles. The number of aromatic nitrogens is 2. The van der Waals surface area contributed by atoms with Crippen LogP contribution in [0.3, 0.4) is 0 Å². The summed E-state index contributed by atoms with van der Waals surface area (Å²) in [7, 11) is 0. The minimum absolute atomic E-state index is 0.0457. The van der Waals surface area contributed by atoms with Crippen molar-refractivity contribution in [1.82, 2.24) is 10.2 Å². The molecule has 2 aromatic rings. The van der Waals surface area contributed by atoms with E-state index in [1.165, 1.54) is 11.3 Å². The zero-order valence-electron chi connectivity index (χ0n) is 14.5. The number of hydrogen-bond donors (Lipinski definition) is 1. The molecule has 0 bridgehead atoms. The number of hydrogen-bond acceptors (Lipinski definition) is 5. The van der Waals surface area contributed by atoms with Gasteiger partial charge >= 0.3 is 0 Å². The van der Waals surface area contributed by atoms with Gasteiger partial charge in [0, 0.05) is 12.3 Å². The number of nitrogens with zero attached hydrogens (tertiary/aromatic N) is 2. The molecule has 1 N–H and O–H groups in total. The van der Waals surface area contributed by atoms with Crippen molar-refractivity contribution < 1.29 is 9.53 Å². The Hall–Kier alpha value is -1.95. The summed E-state index contributed by atoms with van der Waals surface area (Å²) in [5.74, 6) is 1.25. The van der Waals surface area contributed by atoms with Gasteiger partial charge in [0.15, 0.2) is 0 Å². The first-order valence-electron chi connectivity index (χ1n) is 8.45. The molecule has 0 saturated heterocycles. The van der Waals surface area contributed by atoms with E-state index in [0.717, 1.165) is 29.2 Å². The molecule has 1 aromatic carbocycles. The molecule has 1 heterocycles. The molecule has 0 spiro atoms. The highest BCUT2D eigenvalue weighted by Crippen LogP contribution is 2.28. The lowest BCUT2D eigenvalue weighted by Crippen LogP contribution is -2.12. The maximum Gasteiger partial charge on any atom is 0.226 e. The summed E-state index contributed by atoms with van der Waals surface area (Å²) < 4.78 is 5.70. The number of anilines is 1. The SMILES string of the molecule is CCC(CC)c1nnc(NC(=O)CCCOc2ccccc2C)s1. The maximum absolute atomic E-state index is 12.0. The van der Waals surface area contributed by atoms with Crippen LogP contribution in [0.2, 0.25) is 0 Å². The summed E-state index contributed by atoms with van der Waals surface area (Å²) in [6, 6.07) is 7.88. The van der Waals surface area contributed by atoms with Crippen LogP contribution in [0, 0.1) is 6.92 Å². The largest absolute Gasteiger partial charge is 0.493 e. The number of aryl methyl sites for hydroxylation is 1. The molecule has 0 radical (unpaired) electrons. The van der Waals surface area contributed by atoms with Crippen molar-refractivity contribution in [2.24, 2.45) is 0 Å². The van der Waals surface area contributed by atoms with Crippen molar-refractivity contribution >= 4 is 22.4 Å². The minimum Gasteiger partial charge on any atom is -0.493 e. The third kappa shape index (κ3) is 5.30. The number of nitrogens with one attached hydrogen (secondary N) is 1. The maximum atomic E-state index is 12.0. The fraction of sp³-hybridized carbons (Fsp3) is 0.500. The second-order valence-electron chi connectivity index (χ2n) is 5.72. The summed E-state index contributed by atoms with van der Waals surface area (Å²) in [5, 5.41) is 12.7. The zero-order chi connectivity index (χ0) is 17.4. The number of carbonyl (C=O) groups is 1. The molecule has 1 amide bonds. The van der Waals surface area contributed by atoms with Gasteiger partial charge in [0.1, 0.15) is 10.8 Å². The Bertz CT molecular complexity index is 653. The number of amides is 1. The Morgan fingerprint density at radius 1 is 1.25 bits per heavy atom. The molecule has 0 saturated carbocycles. The van der Waals surface area contributed by atoms with Gasteiger partial charge < -0.3 is 10.1 Å². The summed E-state index contributed by atoms with van der Waals surface area (Å²) in [6.45, 7) is 6.81. The van der Waals surface area contributed by atoms with E-state index in [1.807, 2.05) is 31.2 Å². The number of rotatable bonds is 9. The smallest absolute Gasteiger partial charge is 0.226 e. The lowest BCUT2D eigenvalue weighted by Gasteiger charge is -2.08. The monoisotopic (exact) mass is 347 g/mol. The number of carbonyl (C=O) groups excluding carboxylic acids is 1. The summed E-state index contributed by atoms with van der Waals surface area (Å²) >= 11 is 1.47. The van der Waals surface area contributed by atoms with Gasteiger partial charge in [-0.15, -0.1) is 10.2 Å². The van der Waals surface area contributed by atoms with Crippen molar-refractivity contribution in [1.29, 1.82) is 0 Å². The Kier molecular flexibility index (Phi) is 7.18. The average molecular weight is 347 g/mol. The lowest BCUT2D eigenvalue weighted by molar-refractivity contribution is -0.116. The second-order valence-corrected chi connectivity index (χ2v) is 6.73. The molecule has 2 rings (SSSR count). The van der Waals surface area contributed by atoms with Crippen LogP contribution in [0.1, 0.15) is 56.0 Å². The van der Waals surface area contributed by atoms with Crippen molar-refractivity contribution in [3.05, 3.63) is 34.8 Å². The fourth-order valence-electron chi connectivity index (χ4n) is 2.40. The topological polar surface area (TPSA) is 64.1 Å². The van der Waals surface area contributed by atoms with Crippen molar-refractivity contribution in [3.63, 3.8) is 0 Å². The molecule has 24 heavy (non-hydrogen) atoms. The summed E-state index contributed by atoms with van der Waals surface area (Å²) in [6.07, 6.45) is 3.15. The normalized spacial score (nSPS) is 10.8. The van der Waals surface area contributed by atoms with E-state index < -0.39 is 0 Å². The van der Waals surface area contributed by atoms with Crippen molar-refractivity contribution in [3.8, 4) is 5.75 Å². The first-order chi connectivity index (χ1) is 11.6. The van der Waals surface area contributed by atoms with Gasteiger partial charge in [0.25, 0.3) is 0 Å². The second kappa shape index (κ2) is 9.37. The summed E-state index contributed by atoms with van der Waals surface area (Å²) in [4.78, 5) is 12.0. The first-order valence-corrected chi connectivity index (χ1v) is 9.27. The van der Waals surface area contributed by atoms with Crippen LogP contribution >= 0.6 is 11.3 Å². The quantitative estimate of drug-likeness (QED) is 0.676. The van der Waals surface area contributed by atoms with Crippen molar-refractivity contribution in [2.45, 2.75) is 52.4 Å². The molecule has 0 aliphatic heterocycles. The molecule has 130 valence electrons. The molecular formula is C18H25N3O2S. The highest BCUT2D eigenvalue weighted by atomic mass is 32.1. The predicted molar refractivity (Wildman–Crippen MR) is 97.8 cm³/mol. The number of para-hydroxylation sites is 1. The van der Waals surface area contributed by atoms with E-state index in [2.05, 4.69) is 29.4 Å². The fourth-order valence-corrected chi connectivity index (χ4v) is 3.43. The zero-order valence-corrected chi connectivity index (χ0v) is 15.4. The molecule has 1 aromatic heterocycles. The minimum atomic E-state index is -0.0457. The van der Waals surface area contributed by atoms with Crippen LogP contribution in [0.4, 0.5) is 5.13 Å². The van der Waals surface area contributed by atoms with Crippen LogP contribution in [-0.2, 0) is 4.79 Å². The van der Waals surface area contributed by atoms with Gasteiger partial charge in [-0.05, 0) is 37.8 Å². The van der Waals surface area contributed by atoms with Gasteiger partial charge in [-0.25, -0.2) is 0 Å². The van der Waals surface area contributed by atoms with E-state index in [-0.39, 0.29) is 5.91 Å². The van der Waals surface area contributed by atoms with Gasteiger partial charge in [-0.2, -0.15) is 0 Å². The number of benzene rings is 1.